The van der Waals surface area contributed by atoms with Gasteiger partial charge in [-0.05, 0) is 37.5 Å². The van der Waals surface area contributed by atoms with E-state index < -0.39 is 5.97 Å². The molecule has 1 amide bonds. The standard InChI is InChI=1S/C14H23NO3/c1-9-7-12(8-10(9)2)13(16)15-5-3-11(4-6-15)14(17)18/h9-12H,3-8H2,1-2H3,(H,17,18). The Labute approximate surface area is 108 Å². The van der Waals surface area contributed by atoms with Crippen molar-refractivity contribution >= 4 is 11.9 Å². The minimum atomic E-state index is -0.717. The lowest BCUT2D eigenvalue weighted by Crippen LogP contribution is -2.42. The van der Waals surface area contributed by atoms with E-state index in [-0.39, 0.29) is 17.7 Å². The molecule has 0 aromatic heterocycles. The van der Waals surface area contributed by atoms with Crippen LogP contribution < -0.4 is 0 Å². The third-order valence-corrected chi connectivity index (χ3v) is 4.79. The van der Waals surface area contributed by atoms with Crippen LogP contribution in [0.25, 0.3) is 0 Å². The first-order valence-electron chi connectivity index (χ1n) is 7.00. The van der Waals surface area contributed by atoms with Crippen LogP contribution in [0.2, 0.25) is 0 Å². The molecular weight excluding hydrogens is 230 g/mol. The van der Waals surface area contributed by atoms with Gasteiger partial charge >= 0.3 is 5.97 Å². The number of aliphatic carboxylic acids is 1. The summed E-state index contributed by atoms with van der Waals surface area (Å²) in [6, 6.07) is 0. The van der Waals surface area contributed by atoms with Gasteiger partial charge in [0, 0.05) is 19.0 Å². The lowest BCUT2D eigenvalue weighted by Gasteiger charge is -2.32. The summed E-state index contributed by atoms with van der Waals surface area (Å²) in [5.74, 6) is 0.734. The van der Waals surface area contributed by atoms with E-state index >= 15 is 0 Å². The van der Waals surface area contributed by atoms with Crippen LogP contribution in [-0.4, -0.2) is 35.0 Å². The number of likely N-dealkylation sites (tertiary alicyclic amines) is 1. The van der Waals surface area contributed by atoms with Gasteiger partial charge in [0.1, 0.15) is 0 Å². The average Bonchev–Trinajstić information content (AvgIpc) is 2.69. The first-order valence-corrected chi connectivity index (χ1v) is 7.00. The Balaban J connectivity index is 1.86. The van der Waals surface area contributed by atoms with E-state index in [0.717, 1.165) is 12.8 Å². The van der Waals surface area contributed by atoms with E-state index in [2.05, 4.69) is 13.8 Å². The van der Waals surface area contributed by atoms with Crippen molar-refractivity contribution in [3.63, 3.8) is 0 Å². The van der Waals surface area contributed by atoms with Crippen molar-refractivity contribution in [1.82, 2.24) is 4.90 Å². The molecule has 2 unspecified atom stereocenters. The highest BCUT2D eigenvalue weighted by molar-refractivity contribution is 5.79. The van der Waals surface area contributed by atoms with Crippen LogP contribution in [0.4, 0.5) is 0 Å². The monoisotopic (exact) mass is 253 g/mol. The maximum atomic E-state index is 12.3. The van der Waals surface area contributed by atoms with Crippen LogP contribution in [-0.2, 0) is 9.59 Å². The Morgan fingerprint density at radius 1 is 1.00 bits per heavy atom. The molecule has 1 N–H and O–H groups in total. The molecule has 1 heterocycles. The van der Waals surface area contributed by atoms with Gasteiger partial charge in [-0.15, -0.1) is 0 Å². The highest BCUT2D eigenvalue weighted by atomic mass is 16.4. The second-order valence-electron chi connectivity index (χ2n) is 6.06. The summed E-state index contributed by atoms with van der Waals surface area (Å²) in [5.41, 5.74) is 0. The molecule has 102 valence electrons. The van der Waals surface area contributed by atoms with E-state index in [1.54, 1.807) is 0 Å². The van der Waals surface area contributed by atoms with Crippen LogP contribution in [0.5, 0.6) is 0 Å². The number of piperidine rings is 1. The predicted octanol–water partition coefficient (Wildman–Crippen LogP) is 1.99. The lowest BCUT2D eigenvalue weighted by molar-refractivity contribution is -0.146. The van der Waals surface area contributed by atoms with Crippen molar-refractivity contribution in [3.8, 4) is 0 Å². The molecule has 1 aliphatic heterocycles. The average molecular weight is 253 g/mol. The molecule has 0 spiro atoms. The number of carboxylic acids is 1. The van der Waals surface area contributed by atoms with Crippen molar-refractivity contribution in [1.29, 1.82) is 0 Å². The number of hydrogen-bond acceptors (Lipinski definition) is 2. The molecule has 2 rings (SSSR count). The Kier molecular flexibility index (Phi) is 3.93. The summed E-state index contributed by atoms with van der Waals surface area (Å²) in [5, 5.41) is 8.94. The fourth-order valence-corrected chi connectivity index (χ4v) is 3.27. The van der Waals surface area contributed by atoms with E-state index in [0.29, 0.717) is 37.8 Å². The maximum Gasteiger partial charge on any atom is 0.306 e. The van der Waals surface area contributed by atoms with Crippen molar-refractivity contribution in [2.75, 3.05) is 13.1 Å². The maximum absolute atomic E-state index is 12.3. The summed E-state index contributed by atoms with van der Waals surface area (Å²) in [6.45, 7) is 5.67. The van der Waals surface area contributed by atoms with Crippen molar-refractivity contribution in [3.05, 3.63) is 0 Å². The van der Waals surface area contributed by atoms with E-state index in [4.69, 9.17) is 5.11 Å². The van der Waals surface area contributed by atoms with Crippen LogP contribution in [0, 0.1) is 23.7 Å². The van der Waals surface area contributed by atoms with E-state index in [9.17, 15) is 9.59 Å². The molecule has 2 atom stereocenters. The van der Waals surface area contributed by atoms with Gasteiger partial charge in [0.05, 0.1) is 5.92 Å². The summed E-state index contributed by atoms with van der Waals surface area (Å²) in [7, 11) is 0. The topological polar surface area (TPSA) is 57.6 Å². The summed E-state index contributed by atoms with van der Waals surface area (Å²) < 4.78 is 0. The second-order valence-corrected chi connectivity index (χ2v) is 6.06. The van der Waals surface area contributed by atoms with Gasteiger partial charge in [0.25, 0.3) is 0 Å². The zero-order chi connectivity index (χ0) is 13.3. The molecular formula is C14H23NO3. The number of nitrogens with zero attached hydrogens (tertiary/aromatic N) is 1. The lowest BCUT2D eigenvalue weighted by atomic mass is 9.95. The van der Waals surface area contributed by atoms with Gasteiger partial charge in [-0.2, -0.15) is 0 Å². The fraction of sp³-hybridized carbons (Fsp3) is 0.857. The Morgan fingerprint density at radius 3 is 1.94 bits per heavy atom. The van der Waals surface area contributed by atoms with Crippen LogP contribution in [0.1, 0.15) is 39.5 Å². The number of amides is 1. The number of hydrogen-bond donors (Lipinski definition) is 1. The van der Waals surface area contributed by atoms with Crippen LogP contribution >= 0.6 is 0 Å². The molecule has 18 heavy (non-hydrogen) atoms. The van der Waals surface area contributed by atoms with Crippen LogP contribution in [0.3, 0.4) is 0 Å². The molecule has 2 fully saturated rings. The van der Waals surface area contributed by atoms with Crippen molar-refractivity contribution in [2.24, 2.45) is 23.7 Å². The Bertz CT molecular complexity index is 324. The van der Waals surface area contributed by atoms with Crippen LogP contribution in [0.15, 0.2) is 0 Å². The second kappa shape index (κ2) is 5.29. The number of carbonyl (C=O) groups is 2. The minimum absolute atomic E-state index is 0.177. The quantitative estimate of drug-likeness (QED) is 0.818. The molecule has 0 aromatic carbocycles. The molecule has 4 heteroatoms. The molecule has 1 saturated carbocycles. The zero-order valence-electron chi connectivity index (χ0n) is 11.3. The largest absolute Gasteiger partial charge is 0.481 e. The first-order chi connectivity index (χ1) is 8.49. The molecule has 4 nitrogen and oxygen atoms in total. The Morgan fingerprint density at radius 2 is 1.50 bits per heavy atom. The van der Waals surface area contributed by atoms with Gasteiger partial charge in [-0.25, -0.2) is 0 Å². The van der Waals surface area contributed by atoms with Crippen molar-refractivity contribution in [2.45, 2.75) is 39.5 Å². The van der Waals surface area contributed by atoms with Gasteiger partial charge in [0.15, 0.2) is 0 Å². The fourth-order valence-electron chi connectivity index (χ4n) is 3.27. The smallest absolute Gasteiger partial charge is 0.306 e. The van der Waals surface area contributed by atoms with Crippen molar-refractivity contribution < 1.29 is 14.7 Å². The molecule has 2 aliphatic rings. The number of carbonyl (C=O) groups excluding carboxylic acids is 1. The number of rotatable bonds is 2. The highest BCUT2D eigenvalue weighted by Crippen LogP contribution is 2.37. The molecule has 1 aliphatic carbocycles. The van der Waals surface area contributed by atoms with Gasteiger partial charge in [-0.1, -0.05) is 13.8 Å². The van der Waals surface area contributed by atoms with E-state index in [1.165, 1.54) is 0 Å². The summed E-state index contributed by atoms with van der Waals surface area (Å²) >= 11 is 0. The molecule has 0 radical (unpaired) electrons. The normalized spacial score (nSPS) is 33.7. The van der Waals surface area contributed by atoms with Gasteiger partial charge in [-0.3, -0.25) is 9.59 Å². The minimum Gasteiger partial charge on any atom is -0.481 e. The molecule has 0 aromatic rings. The third-order valence-electron chi connectivity index (χ3n) is 4.79. The summed E-state index contributed by atoms with van der Waals surface area (Å²) in [6.07, 6.45) is 3.22. The Hall–Kier alpha value is -1.06. The van der Waals surface area contributed by atoms with Gasteiger partial charge < -0.3 is 10.0 Å². The zero-order valence-corrected chi connectivity index (χ0v) is 11.3. The first kappa shape index (κ1) is 13.4. The highest BCUT2D eigenvalue weighted by Gasteiger charge is 2.36. The van der Waals surface area contributed by atoms with Gasteiger partial charge in [0.2, 0.25) is 5.91 Å². The number of carboxylic acid groups (broad SMARTS) is 1. The molecule has 0 bridgehead atoms. The predicted molar refractivity (Wildman–Crippen MR) is 68.0 cm³/mol. The summed E-state index contributed by atoms with van der Waals surface area (Å²) in [4.78, 5) is 25.1. The molecule has 1 saturated heterocycles. The third kappa shape index (κ3) is 2.68. The SMILES string of the molecule is CC1CC(C(=O)N2CCC(C(=O)O)CC2)CC1C. The van der Waals surface area contributed by atoms with E-state index in [1.807, 2.05) is 4.90 Å².